The molecule has 0 atom stereocenters. The number of aromatic nitrogens is 1. The highest BCUT2D eigenvalue weighted by molar-refractivity contribution is 7.22. The summed E-state index contributed by atoms with van der Waals surface area (Å²) in [5.41, 5.74) is 4.83. The first-order valence-corrected chi connectivity index (χ1v) is 9.83. The van der Waals surface area contributed by atoms with Gasteiger partial charge in [0.1, 0.15) is 5.75 Å². The predicted molar refractivity (Wildman–Crippen MR) is 110 cm³/mol. The Kier molecular flexibility index (Phi) is 5.79. The number of thiazole rings is 1. The fraction of sp³-hybridized carbons (Fsp3) is 0.250. The fourth-order valence-corrected chi connectivity index (χ4v) is 3.60. The summed E-state index contributed by atoms with van der Waals surface area (Å²) >= 11 is 1.56. The maximum absolute atomic E-state index is 12.1. The van der Waals surface area contributed by atoms with E-state index in [2.05, 4.69) is 15.5 Å². The summed E-state index contributed by atoms with van der Waals surface area (Å²) in [5, 5.41) is 4.98. The molecule has 8 heteroatoms. The van der Waals surface area contributed by atoms with Crippen molar-refractivity contribution in [3.05, 3.63) is 54.1 Å². The number of rotatable bonds is 6. The first-order valence-electron chi connectivity index (χ1n) is 9.01. The Morgan fingerprint density at radius 3 is 2.79 bits per heavy atom. The second-order valence-corrected chi connectivity index (χ2v) is 7.24. The number of nitrogens with zero attached hydrogens (tertiary/aromatic N) is 3. The molecular weight excluding hydrogens is 376 g/mol. The van der Waals surface area contributed by atoms with Gasteiger partial charge < -0.3 is 14.4 Å². The monoisotopic (exact) mass is 396 g/mol. The van der Waals surface area contributed by atoms with Gasteiger partial charge in [0.15, 0.2) is 6.61 Å². The van der Waals surface area contributed by atoms with Crippen LogP contribution in [0.3, 0.4) is 0 Å². The highest BCUT2D eigenvalue weighted by Gasteiger charge is 2.16. The minimum Gasteiger partial charge on any atom is -0.484 e. The molecule has 1 saturated heterocycles. The number of ether oxygens (including phenoxy) is 2. The van der Waals surface area contributed by atoms with Gasteiger partial charge in [-0.1, -0.05) is 23.5 Å². The van der Waals surface area contributed by atoms with Gasteiger partial charge in [0, 0.05) is 13.1 Å². The van der Waals surface area contributed by atoms with E-state index in [0.29, 0.717) is 32.1 Å². The van der Waals surface area contributed by atoms with E-state index in [-0.39, 0.29) is 12.5 Å². The minimum absolute atomic E-state index is 0.0195. The molecule has 2 heterocycles. The predicted octanol–water partition coefficient (Wildman–Crippen LogP) is 2.98. The van der Waals surface area contributed by atoms with Gasteiger partial charge in [0.2, 0.25) is 5.13 Å². The summed E-state index contributed by atoms with van der Waals surface area (Å²) in [6.45, 7) is 2.46. The number of para-hydroxylation sites is 1. The van der Waals surface area contributed by atoms with Crippen molar-refractivity contribution < 1.29 is 14.3 Å². The quantitative estimate of drug-likeness (QED) is 0.512. The number of fused-ring (bicyclic) bond motifs is 1. The third-order valence-corrected chi connectivity index (χ3v) is 5.21. The molecule has 1 N–H and O–H groups in total. The Labute approximate surface area is 166 Å². The van der Waals surface area contributed by atoms with E-state index in [1.807, 2.05) is 48.5 Å². The van der Waals surface area contributed by atoms with E-state index in [1.54, 1.807) is 22.5 Å². The Hall–Kier alpha value is -2.97. The molecule has 0 bridgehead atoms. The van der Waals surface area contributed by atoms with Gasteiger partial charge in [-0.2, -0.15) is 5.10 Å². The van der Waals surface area contributed by atoms with Crippen LogP contribution in [0.1, 0.15) is 5.56 Å². The van der Waals surface area contributed by atoms with E-state index in [1.165, 1.54) is 0 Å². The largest absolute Gasteiger partial charge is 0.484 e. The van der Waals surface area contributed by atoms with Crippen LogP contribution in [0.5, 0.6) is 5.75 Å². The highest BCUT2D eigenvalue weighted by Crippen LogP contribution is 2.25. The van der Waals surface area contributed by atoms with Gasteiger partial charge in [-0.15, -0.1) is 0 Å². The van der Waals surface area contributed by atoms with Crippen molar-refractivity contribution in [2.45, 2.75) is 0 Å². The van der Waals surface area contributed by atoms with E-state index >= 15 is 0 Å². The Morgan fingerprint density at radius 1 is 1.21 bits per heavy atom. The van der Waals surface area contributed by atoms with Crippen molar-refractivity contribution in [3.8, 4) is 5.75 Å². The number of carbonyl (C=O) groups excluding carboxylic acids is 1. The zero-order valence-electron chi connectivity index (χ0n) is 15.2. The SMILES string of the molecule is O=C(COc1ccc(/C=N\Nc2nc3ccccc3s2)cc1)N1CCOCC1. The number of morpholine rings is 1. The highest BCUT2D eigenvalue weighted by atomic mass is 32.1. The van der Waals surface area contributed by atoms with E-state index in [9.17, 15) is 4.79 Å². The lowest BCUT2D eigenvalue weighted by Crippen LogP contribution is -2.42. The van der Waals surface area contributed by atoms with Crippen LogP contribution in [-0.4, -0.2) is 54.9 Å². The Bertz CT molecular complexity index is 932. The average molecular weight is 396 g/mol. The third kappa shape index (κ3) is 4.65. The standard InChI is InChI=1S/C20H20N4O3S/c25-19(24-9-11-26-12-10-24)14-27-16-7-5-15(6-8-16)13-21-23-20-22-17-3-1-2-4-18(17)28-20/h1-8,13H,9-12,14H2,(H,22,23)/b21-13-. The second-order valence-electron chi connectivity index (χ2n) is 6.21. The number of amides is 1. The first kappa shape index (κ1) is 18.4. The van der Waals surface area contributed by atoms with Crippen LogP contribution in [0.25, 0.3) is 10.2 Å². The van der Waals surface area contributed by atoms with Gasteiger partial charge in [-0.05, 0) is 42.0 Å². The summed E-state index contributed by atoms with van der Waals surface area (Å²) in [7, 11) is 0. The van der Waals surface area contributed by atoms with Crippen molar-refractivity contribution in [1.82, 2.24) is 9.88 Å². The molecule has 1 amide bonds. The summed E-state index contributed by atoms with van der Waals surface area (Å²) in [5.74, 6) is 0.631. The number of hydrogen-bond donors (Lipinski definition) is 1. The van der Waals surface area contributed by atoms with Crippen molar-refractivity contribution in [2.75, 3.05) is 38.3 Å². The van der Waals surface area contributed by atoms with Crippen molar-refractivity contribution in [3.63, 3.8) is 0 Å². The van der Waals surface area contributed by atoms with Crippen LogP contribution in [0.4, 0.5) is 5.13 Å². The minimum atomic E-state index is -0.0195. The number of anilines is 1. The number of hydrazone groups is 1. The molecule has 1 aliphatic heterocycles. The van der Waals surface area contributed by atoms with Crippen molar-refractivity contribution >= 4 is 38.8 Å². The van der Waals surface area contributed by atoms with Crippen LogP contribution in [-0.2, 0) is 9.53 Å². The lowest BCUT2D eigenvalue weighted by molar-refractivity contribution is -0.137. The number of carbonyl (C=O) groups is 1. The van der Waals surface area contributed by atoms with Gasteiger partial charge in [0.05, 0.1) is 29.6 Å². The molecule has 7 nitrogen and oxygen atoms in total. The molecule has 28 heavy (non-hydrogen) atoms. The smallest absolute Gasteiger partial charge is 0.260 e. The van der Waals surface area contributed by atoms with Crippen LogP contribution in [0.2, 0.25) is 0 Å². The zero-order chi connectivity index (χ0) is 19.2. The van der Waals surface area contributed by atoms with E-state index in [4.69, 9.17) is 9.47 Å². The van der Waals surface area contributed by atoms with Crippen LogP contribution in [0, 0.1) is 0 Å². The lowest BCUT2D eigenvalue weighted by Gasteiger charge is -2.26. The van der Waals surface area contributed by atoms with E-state index in [0.717, 1.165) is 20.9 Å². The lowest BCUT2D eigenvalue weighted by atomic mass is 10.2. The van der Waals surface area contributed by atoms with Crippen LogP contribution >= 0.6 is 11.3 Å². The molecule has 0 radical (unpaired) electrons. The summed E-state index contributed by atoms with van der Waals surface area (Å²) in [4.78, 5) is 18.3. The van der Waals surface area contributed by atoms with Gasteiger partial charge >= 0.3 is 0 Å². The summed E-state index contributed by atoms with van der Waals surface area (Å²) in [6, 6.07) is 15.4. The molecule has 4 rings (SSSR count). The molecule has 144 valence electrons. The second kappa shape index (κ2) is 8.81. The number of nitrogens with one attached hydrogen (secondary N) is 1. The fourth-order valence-electron chi connectivity index (χ4n) is 2.78. The molecular formula is C20H20N4O3S. The zero-order valence-corrected chi connectivity index (χ0v) is 16.0. The summed E-state index contributed by atoms with van der Waals surface area (Å²) < 4.78 is 11.9. The van der Waals surface area contributed by atoms with Crippen molar-refractivity contribution in [2.24, 2.45) is 5.10 Å². The van der Waals surface area contributed by atoms with Crippen molar-refractivity contribution in [1.29, 1.82) is 0 Å². The normalized spacial score (nSPS) is 14.5. The molecule has 2 aromatic carbocycles. The van der Waals surface area contributed by atoms with Gasteiger partial charge in [-0.3, -0.25) is 10.2 Å². The summed E-state index contributed by atoms with van der Waals surface area (Å²) in [6.07, 6.45) is 1.72. The van der Waals surface area contributed by atoms with Crippen LogP contribution < -0.4 is 10.2 Å². The molecule has 1 fully saturated rings. The van der Waals surface area contributed by atoms with Gasteiger partial charge in [-0.25, -0.2) is 4.98 Å². The Morgan fingerprint density at radius 2 is 2.00 bits per heavy atom. The molecule has 3 aromatic rings. The number of hydrogen-bond acceptors (Lipinski definition) is 7. The van der Waals surface area contributed by atoms with Gasteiger partial charge in [0.25, 0.3) is 5.91 Å². The maximum atomic E-state index is 12.1. The molecule has 0 spiro atoms. The third-order valence-electron chi connectivity index (χ3n) is 4.27. The average Bonchev–Trinajstić information content (AvgIpc) is 3.16. The Balaban J connectivity index is 1.27. The molecule has 0 aliphatic carbocycles. The molecule has 1 aromatic heterocycles. The number of benzene rings is 2. The topological polar surface area (TPSA) is 76.0 Å². The van der Waals surface area contributed by atoms with Crippen LogP contribution in [0.15, 0.2) is 53.6 Å². The maximum Gasteiger partial charge on any atom is 0.260 e. The molecule has 1 aliphatic rings. The molecule has 0 saturated carbocycles. The van der Waals surface area contributed by atoms with E-state index < -0.39 is 0 Å². The molecule has 0 unspecified atom stereocenters. The first-order chi connectivity index (χ1) is 13.8.